The molecule has 0 aliphatic heterocycles. The molecule has 0 bridgehead atoms. The predicted octanol–water partition coefficient (Wildman–Crippen LogP) is -4.15. The molecule has 0 aliphatic rings. The van der Waals surface area contributed by atoms with E-state index in [-0.39, 0.29) is 44.7 Å². The Labute approximate surface area is 132 Å². The molecule has 0 atom stereocenters. The minimum absolute atomic E-state index is 0. The van der Waals surface area contributed by atoms with Crippen LogP contribution < -0.4 is 11.2 Å². The average Bonchev–Trinajstić information content (AvgIpc) is 2.65. The maximum atomic E-state index is 11.7. The number of aromatic nitrogens is 4. The number of aryl methyl sites for hydroxylation is 2. The van der Waals surface area contributed by atoms with E-state index in [1.54, 1.807) is 18.7 Å². The van der Waals surface area contributed by atoms with Gasteiger partial charge in [0.2, 0.25) is 0 Å². The van der Waals surface area contributed by atoms with Crippen LogP contribution in [0.25, 0.3) is 11.2 Å². The predicted molar refractivity (Wildman–Crippen MR) is 74.6 cm³/mol. The van der Waals surface area contributed by atoms with Gasteiger partial charge >= 0.3 is 22.8 Å². The Hall–Kier alpha value is -2.25. The SMILES string of the molecule is Cn1c(=O)c2c(ncn2C)n(C)c1=O.O=[N+]([O-])O.[Cu+].[OH3+].[OH3+].[OH3+]. The van der Waals surface area contributed by atoms with E-state index in [2.05, 4.69) is 4.98 Å². The van der Waals surface area contributed by atoms with Gasteiger partial charge < -0.3 is 26.2 Å². The normalized spacial score (nSPS) is 8.14. The maximum Gasteiger partial charge on any atom is 1.00 e. The number of imidazole rings is 1. The maximum absolute atomic E-state index is 11.7. The molecule has 2 aromatic rings. The minimum atomic E-state index is -1.50. The summed E-state index contributed by atoms with van der Waals surface area (Å²) in [5, 5.41) is 13.6. The fraction of sp³-hybridized carbons (Fsp3) is 0.375. The van der Waals surface area contributed by atoms with Crippen LogP contribution in [-0.2, 0) is 54.6 Å². The molecule has 0 spiro atoms. The van der Waals surface area contributed by atoms with Crippen LogP contribution >= 0.6 is 0 Å². The molecule has 2 aromatic heterocycles. The second-order valence-corrected chi connectivity index (χ2v) is 3.47. The Morgan fingerprint density at radius 3 is 1.95 bits per heavy atom. The molecule has 22 heavy (non-hydrogen) atoms. The van der Waals surface area contributed by atoms with E-state index in [0.29, 0.717) is 11.2 Å². The summed E-state index contributed by atoms with van der Waals surface area (Å²) < 4.78 is 4.04. The summed E-state index contributed by atoms with van der Waals surface area (Å²) >= 11 is 0. The van der Waals surface area contributed by atoms with E-state index in [1.807, 2.05) is 0 Å². The van der Waals surface area contributed by atoms with Crippen molar-refractivity contribution < 1.29 is 43.8 Å². The van der Waals surface area contributed by atoms with Crippen molar-refractivity contribution in [3.8, 4) is 0 Å². The van der Waals surface area contributed by atoms with Crippen LogP contribution in [0, 0.1) is 10.1 Å². The number of hydrogen-bond donors (Lipinski definition) is 1. The van der Waals surface area contributed by atoms with Crippen molar-refractivity contribution in [1.29, 1.82) is 0 Å². The smallest absolute Gasteiger partial charge is 0.457 e. The van der Waals surface area contributed by atoms with E-state index >= 15 is 0 Å². The number of nitrogens with zero attached hydrogens (tertiary/aromatic N) is 5. The zero-order valence-electron chi connectivity index (χ0n) is 11.9. The number of fused-ring (bicyclic) bond motifs is 1. The molecular weight excluding hydrogens is 358 g/mol. The minimum Gasteiger partial charge on any atom is -0.457 e. The van der Waals surface area contributed by atoms with Gasteiger partial charge in [0.1, 0.15) is 0 Å². The van der Waals surface area contributed by atoms with E-state index in [4.69, 9.17) is 15.3 Å². The molecule has 0 unspecified atom stereocenters. The van der Waals surface area contributed by atoms with Gasteiger partial charge in [-0.15, -0.1) is 10.1 Å². The second-order valence-electron chi connectivity index (χ2n) is 3.47. The molecule has 2 heterocycles. The van der Waals surface area contributed by atoms with Crippen LogP contribution in [0.5, 0.6) is 0 Å². The van der Waals surface area contributed by atoms with Gasteiger partial charge in [-0.05, 0) is 0 Å². The fourth-order valence-electron chi connectivity index (χ4n) is 1.47. The molecule has 0 saturated heterocycles. The van der Waals surface area contributed by atoms with E-state index in [0.717, 1.165) is 4.57 Å². The van der Waals surface area contributed by atoms with E-state index < -0.39 is 5.09 Å². The fourth-order valence-corrected chi connectivity index (χ4v) is 1.47. The number of hydrogen-bond acceptors (Lipinski definition) is 5. The summed E-state index contributed by atoms with van der Waals surface area (Å²) in [5.74, 6) is 0. The standard InChI is InChI=1S/C8H10N4O2.Cu.HNO3.3H2O/c1-10-4-9-6-5(10)7(13)12(3)8(14)11(6)2;;2-1(3)4;;;/h4H,1-3H3;;(H,2,3,4);3*1H2/q;+1;;;;/p+3. The molecule has 13 nitrogen and oxygen atoms in total. The first-order chi connectivity index (χ1) is 8.27. The summed E-state index contributed by atoms with van der Waals surface area (Å²) in [6.07, 6.45) is 1.52. The van der Waals surface area contributed by atoms with Crippen LogP contribution in [0.4, 0.5) is 0 Å². The van der Waals surface area contributed by atoms with Gasteiger partial charge in [-0.3, -0.25) is 13.9 Å². The zero-order valence-corrected chi connectivity index (χ0v) is 12.9. The Morgan fingerprint density at radius 2 is 1.55 bits per heavy atom. The van der Waals surface area contributed by atoms with Gasteiger partial charge in [0.15, 0.2) is 11.2 Å². The Kier molecular flexibility index (Phi) is 13.3. The molecule has 0 fully saturated rings. The molecule has 0 radical (unpaired) electrons. The third-order valence-electron chi connectivity index (χ3n) is 2.32. The van der Waals surface area contributed by atoms with Crippen molar-refractivity contribution in [2.24, 2.45) is 21.1 Å². The van der Waals surface area contributed by atoms with Crippen molar-refractivity contribution in [1.82, 2.24) is 18.7 Å². The first kappa shape index (κ1) is 28.0. The van der Waals surface area contributed by atoms with E-state index in [1.165, 1.54) is 17.9 Å². The third-order valence-corrected chi connectivity index (χ3v) is 2.32. The third kappa shape index (κ3) is 5.27. The Balaban J connectivity index is -0.000000184. The quantitative estimate of drug-likeness (QED) is 0.207. The Morgan fingerprint density at radius 1 is 1.14 bits per heavy atom. The van der Waals surface area contributed by atoms with Crippen LogP contribution in [0.2, 0.25) is 0 Å². The Bertz CT molecular complexity index is 716. The largest absolute Gasteiger partial charge is 1.00 e. The van der Waals surface area contributed by atoms with Gasteiger partial charge in [-0.1, -0.05) is 0 Å². The van der Waals surface area contributed by atoms with Crippen molar-refractivity contribution >= 4 is 11.2 Å². The summed E-state index contributed by atoms with van der Waals surface area (Å²) in [7, 11) is 4.77. The molecule has 0 amide bonds. The molecule has 14 heteroatoms. The van der Waals surface area contributed by atoms with Crippen molar-refractivity contribution in [3.63, 3.8) is 0 Å². The first-order valence-electron chi connectivity index (χ1n) is 4.67. The zero-order chi connectivity index (χ0) is 14.0. The van der Waals surface area contributed by atoms with Gasteiger partial charge in [-0.25, -0.2) is 9.78 Å². The van der Waals surface area contributed by atoms with Crippen LogP contribution in [0.3, 0.4) is 0 Å². The van der Waals surface area contributed by atoms with Crippen LogP contribution in [0.15, 0.2) is 15.9 Å². The van der Waals surface area contributed by atoms with Crippen LogP contribution in [0.1, 0.15) is 0 Å². The topological polar surface area (TPSA) is 224 Å². The van der Waals surface area contributed by atoms with Gasteiger partial charge in [0, 0.05) is 21.1 Å². The first-order valence-corrected chi connectivity index (χ1v) is 4.67. The summed E-state index contributed by atoms with van der Waals surface area (Å²) in [6, 6.07) is 0. The van der Waals surface area contributed by atoms with Gasteiger partial charge in [0.25, 0.3) is 10.6 Å². The molecule has 0 aromatic carbocycles. The molecular formula is C8H20CuN5O8+4. The second kappa shape index (κ2) is 10.5. The molecule has 10 N–H and O–H groups in total. The molecule has 2 rings (SSSR count). The number of rotatable bonds is 0. The van der Waals surface area contributed by atoms with Crippen molar-refractivity contribution in [2.45, 2.75) is 0 Å². The average molecular weight is 378 g/mol. The summed E-state index contributed by atoms with van der Waals surface area (Å²) in [5.41, 5.74) is 0.180. The van der Waals surface area contributed by atoms with E-state index in [9.17, 15) is 9.59 Å². The molecule has 0 aliphatic carbocycles. The monoisotopic (exact) mass is 377 g/mol. The summed E-state index contributed by atoms with van der Waals surface area (Å²) in [6.45, 7) is 0. The molecule has 0 saturated carbocycles. The summed E-state index contributed by atoms with van der Waals surface area (Å²) in [4.78, 5) is 35.5. The van der Waals surface area contributed by atoms with Crippen molar-refractivity contribution in [2.75, 3.05) is 0 Å². The van der Waals surface area contributed by atoms with Gasteiger partial charge in [0.05, 0.1) is 6.33 Å². The van der Waals surface area contributed by atoms with Crippen molar-refractivity contribution in [3.05, 3.63) is 37.3 Å². The van der Waals surface area contributed by atoms with Crippen LogP contribution in [-0.4, -0.2) is 29.0 Å². The van der Waals surface area contributed by atoms with Gasteiger partial charge in [-0.2, -0.15) is 0 Å². The molecule has 132 valence electrons.